The number of pyridine rings is 1. The second kappa shape index (κ2) is 7.80. The van der Waals surface area contributed by atoms with Crippen LogP contribution >= 0.6 is 35.0 Å². The van der Waals surface area contributed by atoms with Gasteiger partial charge in [-0.3, -0.25) is 0 Å². The molecule has 0 aliphatic heterocycles. The zero-order chi connectivity index (χ0) is 15.3. The number of halogens is 2. The third-order valence-electron chi connectivity index (χ3n) is 4.00. The van der Waals surface area contributed by atoms with Crippen LogP contribution in [0.5, 0.6) is 0 Å². The van der Waals surface area contributed by atoms with Crippen molar-refractivity contribution in [2.75, 3.05) is 30.0 Å². The minimum atomic E-state index is 0.321. The molecule has 1 aromatic heterocycles. The highest BCUT2D eigenvalue weighted by Gasteiger charge is 2.32. The molecule has 1 heterocycles. The third-order valence-corrected chi connectivity index (χ3v) is 5.99. The van der Waals surface area contributed by atoms with E-state index >= 15 is 0 Å². The van der Waals surface area contributed by atoms with Gasteiger partial charge in [-0.25, -0.2) is 4.98 Å². The molecule has 3 nitrogen and oxygen atoms in total. The molecular weight excluding hydrogens is 325 g/mol. The monoisotopic (exact) mass is 347 g/mol. The molecule has 1 aliphatic carbocycles. The number of rotatable bonds is 7. The van der Waals surface area contributed by atoms with Crippen molar-refractivity contribution >= 4 is 46.6 Å². The summed E-state index contributed by atoms with van der Waals surface area (Å²) >= 11 is 14.4. The lowest BCUT2D eigenvalue weighted by molar-refractivity contribution is 0.639. The number of thioether (sulfide) groups is 1. The van der Waals surface area contributed by atoms with Gasteiger partial charge in [-0.2, -0.15) is 11.8 Å². The van der Waals surface area contributed by atoms with Crippen LogP contribution in [0.2, 0.25) is 10.0 Å². The topological polar surface area (TPSA) is 37.0 Å². The van der Waals surface area contributed by atoms with E-state index in [0.29, 0.717) is 20.6 Å². The lowest BCUT2D eigenvalue weighted by Crippen LogP contribution is -2.30. The van der Waals surface area contributed by atoms with Gasteiger partial charge in [0, 0.05) is 17.8 Å². The van der Waals surface area contributed by atoms with Crippen LogP contribution in [0.3, 0.4) is 0 Å². The van der Waals surface area contributed by atoms with E-state index in [1.165, 1.54) is 25.7 Å². The summed E-state index contributed by atoms with van der Waals surface area (Å²) in [6.45, 7) is 3.86. The van der Waals surface area contributed by atoms with Gasteiger partial charge in [0.2, 0.25) is 0 Å². The van der Waals surface area contributed by atoms with Gasteiger partial charge in [0.1, 0.15) is 11.6 Å². The molecule has 0 amide bonds. The van der Waals surface area contributed by atoms with E-state index < -0.39 is 0 Å². The van der Waals surface area contributed by atoms with E-state index in [4.69, 9.17) is 23.2 Å². The molecule has 1 aliphatic rings. The van der Waals surface area contributed by atoms with E-state index in [1.54, 1.807) is 6.07 Å². The number of aromatic nitrogens is 1. The van der Waals surface area contributed by atoms with Crippen molar-refractivity contribution in [3.8, 4) is 0 Å². The van der Waals surface area contributed by atoms with Crippen LogP contribution in [0.25, 0.3) is 0 Å². The molecule has 0 unspecified atom stereocenters. The first-order valence-corrected chi connectivity index (χ1v) is 9.47. The molecule has 0 radical (unpaired) electrons. The van der Waals surface area contributed by atoms with Gasteiger partial charge in [-0.05, 0) is 31.6 Å². The number of hydrogen-bond acceptors (Lipinski definition) is 4. The third kappa shape index (κ3) is 4.33. The van der Waals surface area contributed by atoms with Crippen LogP contribution in [0.4, 0.5) is 11.6 Å². The predicted molar refractivity (Wildman–Crippen MR) is 96.2 cm³/mol. The molecule has 2 rings (SSSR count). The predicted octanol–water partition coefficient (Wildman–Crippen LogP) is 5.30. The summed E-state index contributed by atoms with van der Waals surface area (Å²) in [5, 5.41) is 7.81. The first kappa shape index (κ1) is 17.0. The van der Waals surface area contributed by atoms with Gasteiger partial charge in [0.15, 0.2) is 0 Å². The standard InChI is InChI=1S/C15H23Cl2N3S/c1-3-8-18-13-11(16)9-12(17)14(20-13)19-10-15(21-2)6-4-5-7-15/h9H,3-8,10H2,1-2H3,(H2,18,19,20). The quantitative estimate of drug-likeness (QED) is 0.701. The van der Waals surface area contributed by atoms with Gasteiger partial charge in [-0.1, -0.05) is 43.0 Å². The van der Waals surface area contributed by atoms with Crippen molar-refractivity contribution in [2.24, 2.45) is 0 Å². The van der Waals surface area contributed by atoms with Crippen LogP contribution in [0.1, 0.15) is 39.0 Å². The molecule has 0 aromatic carbocycles. The number of hydrogen-bond donors (Lipinski definition) is 2. The Morgan fingerprint density at radius 1 is 1.19 bits per heavy atom. The van der Waals surface area contributed by atoms with Gasteiger partial charge in [-0.15, -0.1) is 0 Å². The Bertz CT molecular complexity index is 476. The second-order valence-electron chi connectivity index (χ2n) is 5.52. The number of nitrogens with zero attached hydrogens (tertiary/aromatic N) is 1. The van der Waals surface area contributed by atoms with E-state index in [2.05, 4.69) is 28.8 Å². The first-order valence-electron chi connectivity index (χ1n) is 7.49. The smallest absolute Gasteiger partial charge is 0.147 e. The summed E-state index contributed by atoms with van der Waals surface area (Å²) in [5.41, 5.74) is 0. The van der Waals surface area contributed by atoms with Crippen LogP contribution in [0, 0.1) is 0 Å². The molecular formula is C15H23Cl2N3S. The maximum atomic E-state index is 6.27. The van der Waals surface area contributed by atoms with E-state index in [1.807, 2.05) is 11.8 Å². The van der Waals surface area contributed by atoms with Crippen molar-refractivity contribution in [2.45, 2.75) is 43.8 Å². The zero-order valence-corrected chi connectivity index (χ0v) is 15.0. The maximum absolute atomic E-state index is 6.27. The molecule has 1 saturated carbocycles. The fourth-order valence-electron chi connectivity index (χ4n) is 2.68. The Morgan fingerprint density at radius 2 is 1.81 bits per heavy atom. The lowest BCUT2D eigenvalue weighted by atomic mass is 10.1. The summed E-state index contributed by atoms with van der Waals surface area (Å²) in [6, 6.07) is 1.76. The highest BCUT2D eigenvalue weighted by molar-refractivity contribution is 8.00. The van der Waals surface area contributed by atoms with Crippen molar-refractivity contribution < 1.29 is 0 Å². The summed E-state index contributed by atoms with van der Waals surface area (Å²) in [7, 11) is 0. The van der Waals surface area contributed by atoms with Gasteiger partial charge in [0.25, 0.3) is 0 Å². The van der Waals surface area contributed by atoms with E-state index in [0.717, 1.165) is 25.3 Å². The minimum absolute atomic E-state index is 0.321. The molecule has 1 fully saturated rings. The Morgan fingerprint density at radius 3 is 2.38 bits per heavy atom. The molecule has 0 bridgehead atoms. The van der Waals surface area contributed by atoms with Crippen molar-refractivity contribution in [3.63, 3.8) is 0 Å². The summed E-state index contributed by atoms with van der Waals surface area (Å²) in [6.07, 6.45) is 8.36. The van der Waals surface area contributed by atoms with Crippen molar-refractivity contribution in [1.82, 2.24) is 4.98 Å². The summed E-state index contributed by atoms with van der Waals surface area (Å²) in [5.74, 6) is 1.43. The van der Waals surface area contributed by atoms with Crippen LogP contribution in [-0.4, -0.2) is 29.1 Å². The maximum Gasteiger partial charge on any atom is 0.147 e. The van der Waals surface area contributed by atoms with Crippen molar-refractivity contribution in [3.05, 3.63) is 16.1 Å². The van der Waals surface area contributed by atoms with Crippen LogP contribution < -0.4 is 10.6 Å². The Hall–Kier alpha value is -0.320. The fourth-order valence-corrected chi connectivity index (χ4v) is 4.08. The molecule has 0 saturated heterocycles. The molecule has 21 heavy (non-hydrogen) atoms. The molecule has 0 spiro atoms. The molecule has 1 aromatic rings. The molecule has 2 N–H and O–H groups in total. The van der Waals surface area contributed by atoms with Crippen LogP contribution in [-0.2, 0) is 0 Å². The Kier molecular flexibility index (Phi) is 6.33. The average Bonchev–Trinajstić information content (AvgIpc) is 2.95. The largest absolute Gasteiger partial charge is 0.369 e. The second-order valence-corrected chi connectivity index (χ2v) is 7.61. The first-order chi connectivity index (χ1) is 10.1. The number of nitrogens with one attached hydrogen (secondary N) is 2. The van der Waals surface area contributed by atoms with Gasteiger partial charge >= 0.3 is 0 Å². The average molecular weight is 348 g/mol. The van der Waals surface area contributed by atoms with Crippen molar-refractivity contribution in [1.29, 1.82) is 0 Å². The van der Waals surface area contributed by atoms with Gasteiger partial charge in [0.05, 0.1) is 10.0 Å². The highest BCUT2D eigenvalue weighted by Crippen LogP contribution is 2.40. The van der Waals surface area contributed by atoms with Crippen LogP contribution in [0.15, 0.2) is 6.07 Å². The Balaban J connectivity index is 2.08. The number of anilines is 2. The minimum Gasteiger partial charge on any atom is -0.369 e. The highest BCUT2D eigenvalue weighted by atomic mass is 35.5. The molecule has 0 atom stereocenters. The lowest BCUT2D eigenvalue weighted by Gasteiger charge is -2.27. The fraction of sp³-hybridized carbons (Fsp3) is 0.667. The van der Waals surface area contributed by atoms with E-state index in [9.17, 15) is 0 Å². The zero-order valence-electron chi connectivity index (χ0n) is 12.6. The van der Waals surface area contributed by atoms with Gasteiger partial charge < -0.3 is 10.6 Å². The molecule has 118 valence electrons. The SMILES string of the molecule is CCCNc1nc(NCC2(SC)CCCC2)c(Cl)cc1Cl. The van der Waals surface area contributed by atoms with E-state index in [-0.39, 0.29) is 0 Å². The Labute approximate surface area is 141 Å². The molecule has 6 heteroatoms. The summed E-state index contributed by atoms with van der Waals surface area (Å²) < 4.78 is 0.321. The summed E-state index contributed by atoms with van der Waals surface area (Å²) in [4.78, 5) is 4.54. The normalized spacial score (nSPS) is 17.0.